The zero-order valence-corrected chi connectivity index (χ0v) is 23.5. The molecule has 6 atom stereocenters. The van der Waals surface area contributed by atoms with Gasteiger partial charge in [0.15, 0.2) is 17.2 Å². The van der Waals surface area contributed by atoms with Crippen molar-refractivity contribution in [2.24, 2.45) is 17.3 Å². The van der Waals surface area contributed by atoms with Crippen molar-refractivity contribution in [1.82, 2.24) is 4.90 Å². The minimum Gasteiger partial charge on any atom is -0.508 e. The summed E-state index contributed by atoms with van der Waals surface area (Å²) in [7, 11) is 3.11. The first kappa shape index (κ1) is 28.5. The van der Waals surface area contributed by atoms with Crippen molar-refractivity contribution in [2.75, 3.05) is 14.1 Å². The SMILES string of the molecule is CCC1(CC(=O)C2=C(O)[C@]3(O)C(=O)C4=C(O)c5c(O)cccc5[C@@H](C)[C@@H]4[C@@H](O)[C@@H]3[C@@H](N(C)C)C2=O)CCCCC1. The Morgan fingerprint density at radius 1 is 1.07 bits per heavy atom. The van der Waals surface area contributed by atoms with Crippen LogP contribution in [0.2, 0.25) is 0 Å². The van der Waals surface area contributed by atoms with Crippen LogP contribution in [0.4, 0.5) is 0 Å². The highest BCUT2D eigenvalue weighted by atomic mass is 16.4. The number of aromatic hydroxyl groups is 1. The van der Waals surface area contributed by atoms with Crippen molar-refractivity contribution >= 4 is 23.1 Å². The minimum atomic E-state index is -2.83. The van der Waals surface area contributed by atoms with Crippen molar-refractivity contribution in [3.63, 3.8) is 0 Å². The van der Waals surface area contributed by atoms with Gasteiger partial charge in [-0.05, 0) is 49.9 Å². The quantitative estimate of drug-likeness (QED) is 0.345. The molecule has 2 fully saturated rings. The fourth-order valence-electron chi connectivity index (χ4n) is 7.99. The molecule has 0 amide bonds. The molecule has 0 spiro atoms. The molecule has 9 nitrogen and oxygen atoms in total. The molecule has 0 aliphatic heterocycles. The van der Waals surface area contributed by atoms with Gasteiger partial charge in [0.2, 0.25) is 5.78 Å². The summed E-state index contributed by atoms with van der Waals surface area (Å²) in [6, 6.07) is 3.33. The summed E-state index contributed by atoms with van der Waals surface area (Å²) in [5.74, 6) is -7.52. The van der Waals surface area contributed by atoms with Crippen LogP contribution in [0.5, 0.6) is 5.75 Å². The number of Topliss-reactive ketones (excluding diaryl/α,β-unsaturated/α-hetero) is 3. The van der Waals surface area contributed by atoms with Crippen LogP contribution < -0.4 is 0 Å². The first-order chi connectivity index (χ1) is 18.8. The first-order valence-corrected chi connectivity index (χ1v) is 14.2. The summed E-state index contributed by atoms with van der Waals surface area (Å²) in [4.78, 5) is 43.4. The number of hydrogen-bond donors (Lipinski definition) is 5. The number of ketones is 3. The lowest BCUT2D eigenvalue weighted by atomic mass is 9.54. The normalized spacial score (nSPS) is 33.5. The molecule has 9 heteroatoms. The van der Waals surface area contributed by atoms with Crippen molar-refractivity contribution in [3.8, 4) is 5.75 Å². The highest BCUT2D eigenvalue weighted by Crippen LogP contribution is 2.56. The van der Waals surface area contributed by atoms with E-state index >= 15 is 0 Å². The smallest absolute Gasteiger partial charge is 0.202 e. The number of rotatable bonds is 5. The molecule has 1 aromatic carbocycles. The van der Waals surface area contributed by atoms with Crippen LogP contribution in [0.15, 0.2) is 35.1 Å². The van der Waals surface area contributed by atoms with Crippen LogP contribution in [-0.4, -0.2) is 79.6 Å². The lowest BCUT2D eigenvalue weighted by Crippen LogP contribution is -2.70. The van der Waals surface area contributed by atoms with E-state index in [0.717, 1.165) is 32.1 Å². The van der Waals surface area contributed by atoms with Gasteiger partial charge < -0.3 is 25.5 Å². The Bertz CT molecular complexity index is 1340. The summed E-state index contributed by atoms with van der Waals surface area (Å²) in [6.45, 7) is 3.72. The number of benzene rings is 1. The van der Waals surface area contributed by atoms with Gasteiger partial charge in [-0.15, -0.1) is 0 Å². The molecule has 5 N–H and O–H groups in total. The Morgan fingerprint density at radius 3 is 2.33 bits per heavy atom. The number of carbonyl (C=O) groups excluding carboxylic acids is 3. The molecule has 2 saturated carbocycles. The van der Waals surface area contributed by atoms with Crippen LogP contribution >= 0.6 is 0 Å². The molecule has 40 heavy (non-hydrogen) atoms. The maximum absolute atomic E-state index is 14.2. The Hall–Kier alpha value is -3.01. The van der Waals surface area contributed by atoms with Gasteiger partial charge in [0.05, 0.1) is 23.6 Å². The predicted molar refractivity (Wildman–Crippen MR) is 147 cm³/mol. The summed E-state index contributed by atoms with van der Waals surface area (Å²) >= 11 is 0. The lowest BCUT2D eigenvalue weighted by molar-refractivity contribution is -0.169. The van der Waals surface area contributed by atoms with Gasteiger partial charge in [0, 0.05) is 17.9 Å². The van der Waals surface area contributed by atoms with E-state index in [1.54, 1.807) is 33.2 Å². The molecule has 0 heterocycles. The van der Waals surface area contributed by atoms with Gasteiger partial charge in [-0.2, -0.15) is 0 Å². The van der Waals surface area contributed by atoms with Gasteiger partial charge in [0.25, 0.3) is 0 Å². The zero-order valence-electron chi connectivity index (χ0n) is 23.5. The second-order valence-corrected chi connectivity index (χ2v) is 12.4. The molecule has 1 aromatic rings. The molecule has 4 aliphatic rings. The Labute approximate surface area is 233 Å². The van der Waals surface area contributed by atoms with Gasteiger partial charge in [-0.1, -0.05) is 51.7 Å². The summed E-state index contributed by atoms with van der Waals surface area (Å²) in [5.41, 5.74) is -3.60. The molecule has 0 aromatic heterocycles. The van der Waals surface area contributed by atoms with Crippen LogP contribution in [-0.2, 0) is 14.4 Å². The average Bonchev–Trinajstić information content (AvgIpc) is 2.91. The van der Waals surface area contributed by atoms with E-state index in [0.29, 0.717) is 12.0 Å². The standard InChI is InChI=1S/C31H39NO8/c1-5-30(12-7-6-8-13-30)14-18(34)21-27(37)24(32(3)4)23-26(36)19-15(2)16-10-9-11-17(33)20(16)25(35)22(19)29(39)31(23,40)28(21)38/h9-11,15,19,23-24,26,33,35-36,38,40H,5-8,12-14H2,1-4H3/t15-,19+,23+,24-,26-,31+/m1/s1. The number of phenolic OH excluding ortho intramolecular Hbond substituents is 1. The van der Waals surface area contributed by atoms with E-state index in [4.69, 9.17) is 0 Å². The number of aliphatic hydroxyl groups excluding tert-OH is 3. The molecule has 0 unspecified atom stereocenters. The predicted octanol–water partition coefficient (Wildman–Crippen LogP) is 3.33. The number of nitrogens with zero attached hydrogens (tertiary/aromatic N) is 1. The lowest BCUT2D eigenvalue weighted by Gasteiger charge is -2.54. The maximum Gasteiger partial charge on any atom is 0.202 e. The van der Waals surface area contributed by atoms with Crippen LogP contribution in [0.25, 0.3) is 5.76 Å². The molecule has 0 bridgehead atoms. The monoisotopic (exact) mass is 553 g/mol. The van der Waals surface area contributed by atoms with Gasteiger partial charge in [0.1, 0.15) is 22.8 Å². The highest BCUT2D eigenvalue weighted by Gasteiger charge is 2.68. The molecule has 4 aliphatic carbocycles. The zero-order chi connectivity index (χ0) is 29.3. The number of carbonyl (C=O) groups is 3. The van der Waals surface area contributed by atoms with E-state index in [1.165, 1.54) is 11.0 Å². The number of likely N-dealkylation sites (N-methyl/N-ethyl adjacent to an activating group) is 1. The Morgan fingerprint density at radius 2 is 1.73 bits per heavy atom. The number of phenols is 1. The van der Waals surface area contributed by atoms with Crippen LogP contribution in [0.3, 0.4) is 0 Å². The molecule has 5 rings (SSSR count). The molecule has 0 radical (unpaired) electrons. The van der Waals surface area contributed by atoms with Crippen molar-refractivity contribution in [2.45, 2.75) is 82.5 Å². The summed E-state index contributed by atoms with van der Waals surface area (Å²) in [6.07, 6.45) is 3.76. The number of fused-ring (bicyclic) bond motifs is 3. The van der Waals surface area contributed by atoms with Crippen molar-refractivity contribution < 1.29 is 39.9 Å². The van der Waals surface area contributed by atoms with E-state index in [9.17, 15) is 39.9 Å². The Balaban J connectivity index is 1.70. The minimum absolute atomic E-state index is 0.00112. The van der Waals surface area contributed by atoms with Crippen molar-refractivity contribution in [3.05, 3.63) is 46.2 Å². The summed E-state index contributed by atoms with van der Waals surface area (Å²) < 4.78 is 0. The number of hydrogen-bond acceptors (Lipinski definition) is 9. The highest BCUT2D eigenvalue weighted by molar-refractivity contribution is 6.25. The fraction of sp³-hybridized carbons (Fsp3) is 0.581. The average molecular weight is 554 g/mol. The van der Waals surface area contributed by atoms with Gasteiger partial charge >= 0.3 is 0 Å². The molecule has 0 saturated heterocycles. The maximum atomic E-state index is 14.2. The fourth-order valence-corrected chi connectivity index (χ4v) is 7.99. The van der Waals surface area contributed by atoms with Gasteiger partial charge in [-0.3, -0.25) is 19.3 Å². The van der Waals surface area contributed by atoms with E-state index < -0.39 is 69.9 Å². The van der Waals surface area contributed by atoms with E-state index in [1.807, 2.05) is 6.92 Å². The topological polar surface area (TPSA) is 156 Å². The largest absolute Gasteiger partial charge is 0.508 e. The Kier molecular flexibility index (Phi) is 7.00. The second kappa shape index (κ2) is 9.82. The van der Waals surface area contributed by atoms with Crippen LogP contribution in [0.1, 0.15) is 75.8 Å². The molecular formula is C31H39NO8. The van der Waals surface area contributed by atoms with Crippen molar-refractivity contribution in [1.29, 1.82) is 0 Å². The molecular weight excluding hydrogens is 514 g/mol. The second-order valence-electron chi connectivity index (χ2n) is 12.4. The summed E-state index contributed by atoms with van der Waals surface area (Å²) in [5, 5.41) is 57.1. The third-order valence-corrected chi connectivity index (χ3v) is 10.2. The molecule has 216 valence electrons. The van der Waals surface area contributed by atoms with E-state index in [2.05, 4.69) is 0 Å². The number of aliphatic hydroxyl groups is 4. The van der Waals surface area contributed by atoms with E-state index in [-0.39, 0.29) is 28.7 Å². The third kappa shape index (κ3) is 3.81. The first-order valence-electron chi connectivity index (χ1n) is 14.2. The third-order valence-electron chi connectivity index (χ3n) is 10.2. The van der Waals surface area contributed by atoms with Gasteiger partial charge in [-0.25, -0.2) is 0 Å². The van der Waals surface area contributed by atoms with Crippen LogP contribution in [0, 0.1) is 17.3 Å².